The van der Waals surface area contributed by atoms with E-state index in [1.165, 1.54) is 32.4 Å². The molecule has 0 saturated heterocycles. The summed E-state index contributed by atoms with van der Waals surface area (Å²) in [5, 5.41) is 20.0. The Labute approximate surface area is 132 Å². The SMILES string of the molecule is COc1cc(O)c2c(c1)O[C@H](c1cc(OC)ccc1O)CC2=O. The van der Waals surface area contributed by atoms with Crippen molar-refractivity contribution in [1.29, 1.82) is 0 Å². The van der Waals surface area contributed by atoms with E-state index in [1.807, 2.05) is 0 Å². The molecule has 0 radical (unpaired) electrons. The van der Waals surface area contributed by atoms with Gasteiger partial charge in [-0.15, -0.1) is 0 Å². The molecule has 3 rings (SSSR count). The van der Waals surface area contributed by atoms with E-state index in [9.17, 15) is 15.0 Å². The van der Waals surface area contributed by atoms with Crippen LogP contribution >= 0.6 is 0 Å². The van der Waals surface area contributed by atoms with Crippen LogP contribution in [0.25, 0.3) is 0 Å². The Hall–Kier alpha value is -2.89. The fourth-order valence-corrected chi connectivity index (χ4v) is 2.62. The molecule has 0 saturated carbocycles. The molecular formula is C17H16O6. The van der Waals surface area contributed by atoms with Crippen molar-refractivity contribution in [2.45, 2.75) is 12.5 Å². The third-order valence-electron chi connectivity index (χ3n) is 3.79. The van der Waals surface area contributed by atoms with Crippen LogP contribution in [0.5, 0.6) is 28.7 Å². The minimum absolute atomic E-state index is 0.00756. The van der Waals surface area contributed by atoms with Crippen LogP contribution in [0.3, 0.4) is 0 Å². The van der Waals surface area contributed by atoms with E-state index in [1.54, 1.807) is 12.1 Å². The van der Waals surface area contributed by atoms with Gasteiger partial charge in [-0.05, 0) is 18.2 Å². The van der Waals surface area contributed by atoms with E-state index in [0.29, 0.717) is 17.1 Å². The lowest BCUT2D eigenvalue weighted by atomic mass is 9.95. The molecule has 0 bridgehead atoms. The molecule has 1 aliphatic rings. The molecule has 6 nitrogen and oxygen atoms in total. The summed E-state index contributed by atoms with van der Waals surface area (Å²) in [7, 11) is 2.97. The Morgan fingerprint density at radius 1 is 1.04 bits per heavy atom. The summed E-state index contributed by atoms with van der Waals surface area (Å²) in [5.41, 5.74) is 0.579. The molecule has 0 unspecified atom stereocenters. The second kappa shape index (κ2) is 5.72. The summed E-state index contributed by atoms with van der Waals surface area (Å²) in [6.45, 7) is 0. The molecule has 1 heterocycles. The van der Waals surface area contributed by atoms with Crippen LogP contribution in [0.4, 0.5) is 0 Å². The third-order valence-corrected chi connectivity index (χ3v) is 3.79. The van der Waals surface area contributed by atoms with Crippen molar-refractivity contribution in [3.05, 3.63) is 41.5 Å². The number of phenolic OH excluding ortho intramolecular Hbond substituents is 2. The second-order valence-electron chi connectivity index (χ2n) is 5.18. The number of benzene rings is 2. The molecule has 0 fully saturated rings. The van der Waals surface area contributed by atoms with Gasteiger partial charge in [0.1, 0.15) is 40.4 Å². The van der Waals surface area contributed by atoms with E-state index in [2.05, 4.69) is 0 Å². The molecule has 2 aromatic carbocycles. The highest BCUT2D eigenvalue weighted by Crippen LogP contribution is 2.43. The summed E-state index contributed by atoms with van der Waals surface area (Å²) >= 11 is 0. The van der Waals surface area contributed by atoms with Gasteiger partial charge in [0.05, 0.1) is 20.6 Å². The zero-order valence-corrected chi connectivity index (χ0v) is 12.7. The fourth-order valence-electron chi connectivity index (χ4n) is 2.62. The van der Waals surface area contributed by atoms with Gasteiger partial charge >= 0.3 is 0 Å². The summed E-state index contributed by atoms with van der Waals surface area (Å²) in [6, 6.07) is 7.63. The van der Waals surface area contributed by atoms with Gasteiger partial charge in [-0.3, -0.25) is 4.79 Å². The molecule has 23 heavy (non-hydrogen) atoms. The van der Waals surface area contributed by atoms with Crippen LogP contribution in [-0.2, 0) is 0 Å². The Bertz CT molecular complexity index is 768. The van der Waals surface area contributed by atoms with Gasteiger partial charge in [-0.1, -0.05) is 0 Å². The minimum atomic E-state index is -0.670. The van der Waals surface area contributed by atoms with Gasteiger partial charge in [0.2, 0.25) is 0 Å². The minimum Gasteiger partial charge on any atom is -0.508 e. The smallest absolute Gasteiger partial charge is 0.174 e. The molecule has 2 N–H and O–H groups in total. The van der Waals surface area contributed by atoms with Crippen LogP contribution in [0.2, 0.25) is 0 Å². The molecule has 0 aliphatic carbocycles. The average molecular weight is 316 g/mol. The highest BCUT2D eigenvalue weighted by molar-refractivity contribution is 6.02. The lowest BCUT2D eigenvalue weighted by Gasteiger charge is -2.27. The first-order valence-corrected chi connectivity index (χ1v) is 7.01. The number of hydrogen-bond donors (Lipinski definition) is 2. The maximum Gasteiger partial charge on any atom is 0.174 e. The first kappa shape index (κ1) is 15.0. The lowest BCUT2D eigenvalue weighted by Crippen LogP contribution is -2.20. The maximum atomic E-state index is 12.4. The Morgan fingerprint density at radius 2 is 1.78 bits per heavy atom. The van der Waals surface area contributed by atoms with Gasteiger partial charge < -0.3 is 24.4 Å². The number of aromatic hydroxyl groups is 2. The maximum absolute atomic E-state index is 12.4. The molecule has 0 amide bonds. The molecule has 6 heteroatoms. The number of ether oxygens (including phenoxy) is 3. The normalized spacial score (nSPS) is 16.4. The molecular weight excluding hydrogens is 300 g/mol. The molecule has 0 spiro atoms. The Morgan fingerprint density at radius 3 is 2.48 bits per heavy atom. The summed E-state index contributed by atoms with van der Waals surface area (Å²) in [6.07, 6.45) is -0.662. The number of ketones is 1. The lowest BCUT2D eigenvalue weighted by molar-refractivity contribution is 0.0841. The number of Topliss-reactive ketones (excluding diaryl/α,β-unsaturated/α-hetero) is 1. The monoisotopic (exact) mass is 316 g/mol. The number of rotatable bonds is 3. The van der Waals surface area contributed by atoms with Gasteiger partial charge in [0, 0.05) is 17.7 Å². The predicted molar refractivity (Wildman–Crippen MR) is 81.6 cm³/mol. The molecule has 120 valence electrons. The number of methoxy groups -OCH3 is 2. The summed E-state index contributed by atoms with van der Waals surface area (Å²) in [4.78, 5) is 12.4. The van der Waals surface area contributed by atoms with Gasteiger partial charge in [0.25, 0.3) is 0 Å². The summed E-state index contributed by atoms with van der Waals surface area (Å²) < 4.78 is 16.0. The molecule has 2 aromatic rings. The third kappa shape index (κ3) is 2.63. The van der Waals surface area contributed by atoms with Crippen LogP contribution in [0, 0.1) is 0 Å². The van der Waals surface area contributed by atoms with Crippen LogP contribution in [0.1, 0.15) is 28.4 Å². The largest absolute Gasteiger partial charge is 0.508 e. The Kier molecular flexibility index (Phi) is 3.73. The highest BCUT2D eigenvalue weighted by Gasteiger charge is 2.32. The highest BCUT2D eigenvalue weighted by atomic mass is 16.5. The molecule has 1 atom stereocenters. The van der Waals surface area contributed by atoms with Crippen molar-refractivity contribution < 1.29 is 29.2 Å². The number of fused-ring (bicyclic) bond motifs is 1. The first-order chi connectivity index (χ1) is 11.0. The van der Waals surface area contributed by atoms with Crippen LogP contribution in [-0.4, -0.2) is 30.2 Å². The van der Waals surface area contributed by atoms with E-state index in [-0.39, 0.29) is 35.0 Å². The standard InChI is InChI=1S/C17H16O6/c1-21-9-3-4-12(18)11(5-9)15-8-14(20)17-13(19)6-10(22-2)7-16(17)23-15/h3-7,15,18-19H,8H2,1-2H3/t15-/m0/s1. The van der Waals surface area contributed by atoms with E-state index < -0.39 is 6.10 Å². The van der Waals surface area contributed by atoms with Crippen LogP contribution in [0.15, 0.2) is 30.3 Å². The van der Waals surface area contributed by atoms with Gasteiger partial charge in [-0.2, -0.15) is 0 Å². The first-order valence-electron chi connectivity index (χ1n) is 7.01. The van der Waals surface area contributed by atoms with Gasteiger partial charge in [0.15, 0.2) is 5.78 Å². The van der Waals surface area contributed by atoms with Crippen LogP contribution < -0.4 is 14.2 Å². The van der Waals surface area contributed by atoms with Crippen molar-refractivity contribution in [3.63, 3.8) is 0 Å². The zero-order valence-electron chi connectivity index (χ0n) is 12.7. The average Bonchev–Trinajstić information content (AvgIpc) is 2.54. The van der Waals surface area contributed by atoms with E-state index in [0.717, 1.165) is 0 Å². The second-order valence-corrected chi connectivity index (χ2v) is 5.18. The zero-order chi connectivity index (χ0) is 16.6. The Balaban J connectivity index is 2.03. The quantitative estimate of drug-likeness (QED) is 0.905. The molecule has 0 aromatic heterocycles. The number of carbonyl (C=O) groups is 1. The van der Waals surface area contributed by atoms with E-state index >= 15 is 0 Å². The van der Waals surface area contributed by atoms with Crippen molar-refractivity contribution in [3.8, 4) is 28.7 Å². The van der Waals surface area contributed by atoms with Gasteiger partial charge in [-0.25, -0.2) is 0 Å². The number of carbonyl (C=O) groups excluding carboxylic acids is 1. The van der Waals surface area contributed by atoms with E-state index in [4.69, 9.17) is 14.2 Å². The van der Waals surface area contributed by atoms with Crippen molar-refractivity contribution in [2.24, 2.45) is 0 Å². The summed E-state index contributed by atoms with van der Waals surface area (Å²) in [5.74, 6) is 0.721. The van der Waals surface area contributed by atoms with Crippen molar-refractivity contribution in [1.82, 2.24) is 0 Å². The number of phenols is 2. The number of hydrogen-bond acceptors (Lipinski definition) is 6. The topological polar surface area (TPSA) is 85.2 Å². The molecule has 1 aliphatic heterocycles. The fraction of sp³-hybridized carbons (Fsp3) is 0.235. The van der Waals surface area contributed by atoms with Crippen molar-refractivity contribution >= 4 is 5.78 Å². The van der Waals surface area contributed by atoms with Crippen molar-refractivity contribution in [2.75, 3.05) is 14.2 Å². The predicted octanol–water partition coefficient (Wildman–Crippen LogP) is 2.82.